The molecule has 2 aromatic rings. The number of imide groups is 1. The number of carbonyl (C=O) groups excluding carboxylic acids is 2. The van der Waals surface area contributed by atoms with Crippen molar-refractivity contribution in [2.45, 2.75) is 37.8 Å². The molecule has 8 nitrogen and oxygen atoms in total. The van der Waals surface area contributed by atoms with Crippen molar-refractivity contribution in [2.24, 2.45) is 12.5 Å². The first kappa shape index (κ1) is 17.5. The van der Waals surface area contributed by atoms with Crippen LogP contribution in [0.4, 0.5) is 0 Å². The fraction of sp³-hybridized carbons (Fsp3) is 0.550. The van der Waals surface area contributed by atoms with E-state index < -0.39 is 6.04 Å². The Labute approximate surface area is 162 Å². The lowest BCUT2D eigenvalue weighted by molar-refractivity contribution is -0.149. The van der Waals surface area contributed by atoms with Crippen LogP contribution in [-0.2, 0) is 16.6 Å². The van der Waals surface area contributed by atoms with Crippen LogP contribution < -0.4 is 15.7 Å². The number of fused-ring (bicyclic) bond motifs is 1. The number of rotatable bonds is 3. The summed E-state index contributed by atoms with van der Waals surface area (Å²) in [5.74, 6) is 0.134. The molecule has 1 N–H and O–H groups in total. The van der Waals surface area contributed by atoms with Crippen LogP contribution >= 0.6 is 0 Å². The van der Waals surface area contributed by atoms with E-state index in [1.54, 1.807) is 11.6 Å². The molecule has 2 saturated heterocycles. The lowest BCUT2D eigenvalue weighted by atomic mass is 9.63. The number of para-hydroxylation sites is 1. The van der Waals surface area contributed by atoms with Gasteiger partial charge < -0.3 is 10.1 Å². The maximum atomic E-state index is 13.0. The molecule has 0 radical (unpaired) electrons. The van der Waals surface area contributed by atoms with Gasteiger partial charge in [-0.2, -0.15) is 0 Å². The number of carbonyl (C=O) groups is 2. The van der Waals surface area contributed by atoms with Gasteiger partial charge in [-0.3, -0.25) is 23.6 Å². The van der Waals surface area contributed by atoms with E-state index in [1.807, 2.05) is 18.2 Å². The SMILES string of the molecule is CN1C(=O)CCC(n2c(=O)n(C)c3c(OC4CC5(CNC5)C4)cccc32)C1=O. The van der Waals surface area contributed by atoms with Gasteiger partial charge in [0.15, 0.2) is 0 Å². The van der Waals surface area contributed by atoms with Crippen molar-refractivity contribution in [2.75, 3.05) is 20.1 Å². The predicted octanol–water partition coefficient (Wildman–Crippen LogP) is 0.791. The maximum Gasteiger partial charge on any atom is 0.329 e. The number of nitrogens with zero attached hydrogens (tertiary/aromatic N) is 3. The molecule has 0 bridgehead atoms. The first-order valence-corrected chi connectivity index (χ1v) is 9.78. The minimum absolute atomic E-state index is 0.159. The van der Waals surface area contributed by atoms with Crippen LogP contribution in [0.15, 0.2) is 23.0 Å². The molecule has 2 amide bonds. The minimum atomic E-state index is -0.665. The second-order valence-corrected chi connectivity index (χ2v) is 8.43. The quantitative estimate of drug-likeness (QED) is 0.791. The molecule has 1 unspecified atom stereocenters. The standard InChI is InChI=1S/C20H24N4O4/c1-22-16(25)7-6-14(18(22)26)24-13-4-3-5-15(17(13)23(2)19(24)27)28-12-8-20(9-12)10-21-11-20/h3-5,12,14,21H,6-11H2,1-2H3. The summed E-state index contributed by atoms with van der Waals surface area (Å²) in [6.07, 6.45) is 2.80. The van der Waals surface area contributed by atoms with E-state index in [2.05, 4.69) is 5.32 Å². The number of imidazole rings is 1. The summed E-state index contributed by atoms with van der Waals surface area (Å²) < 4.78 is 9.31. The molecule has 28 heavy (non-hydrogen) atoms. The van der Waals surface area contributed by atoms with E-state index in [0.717, 1.165) is 30.8 Å². The molecule has 1 aromatic heterocycles. The first-order valence-electron chi connectivity index (χ1n) is 9.78. The van der Waals surface area contributed by atoms with Gasteiger partial charge in [0.25, 0.3) is 5.91 Å². The normalized spacial score (nSPS) is 24.5. The van der Waals surface area contributed by atoms with E-state index in [-0.39, 0.29) is 30.0 Å². The van der Waals surface area contributed by atoms with E-state index >= 15 is 0 Å². The van der Waals surface area contributed by atoms with E-state index in [1.165, 1.54) is 11.6 Å². The van der Waals surface area contributed by atoms with E-state index in [9.17, 15) is 14.4 Å². The third kappa shape index (κ3) is 2.37. The smallest absolute Gasteiger partial charge is 0.329 e. The lowest BCUT2D eigenvalue weighted by Gasteiger charge is -2.53. The van der Waals surface area contributed by atoms with Gasteiger partial charge in [-0.05, 0) is 31.4 Å². The van der Waals surface area contributed by atoms with Crippen molar-refractivity contribution in [3.05, 3.63) is 28.7 Å². The Hall–Kier alpha value is -2.61. The van der Waals surface area contributed by atoms with Crippen LogP contribution in [0.5, 0.6) is 5.75 Å². The molecule has 1 saturated carbocycles. The highest BCUT2D eigenvalue weighted by atomic mass is 16.5. The topological polar surface area (TPSA) is 85.6 Å². The third-order valence-corrected chi connectivity index (χ3v) is 6.61. The second kappa shape index (κ2) is 5.94. The minimum Gasteiger partial charge on any atom is -0.488 e. The number of aryl methyl sites for hydroxylation is 1. The van der Waals surface area contributed by atoms with Gasteiger partial charge in [-0.15, -0.1) is 0 Å². The van der Waals surface area contributed by atoms with Gasteiger partial charge in [-0.25, -0.2) is 4.79 Å². The average Bonchev–Trinajstić information content (AvgIpc) is 2.86. The van der Waals surface area contributed by atoms with Crippen LogP contribution in [0, 0.1) is 5.41 Å². The fourth-order valence-corrected chi connectivity index (χ4v) is 4.87. The van der Waals surface area contributed by atoms with Crippen LogP contribution in [0.3, 0.4) is 0 Å². The van der Waals surface area contributed by atoms with E-state index in [4.69, 9.17) is 4.74 Å². The number of aromatic nitrogens is 2. The number of ether oxygens (including phenoxy) is 1. The number of piperidine rings is 1. The molecule has 1 aromatic carbocycles. The van der Waals surface area contributed by atoms with Gasteiger partial charge in [0, 0.05) is 39.0 Å². The number of likely N-dealkylation sites (N-methyl/N-ethyl adjacent to an activating group) is 1. The summed E-state index contributed by atoms with van der Waals surface area (Å²) >= 11 is 0. The number of hydrogen-bond acceptors (Lipinski definition) is 5. The molecule has 8 heteroatoms. The monoisotopic (exact) mass is 384 g/mol. The van der Waals surface area contributed by atoms with Crippen LogP contribution in [0.25, 0.3) is 11.0 Å². The predicted molar refractivity (Wildman–Crippen MR) is 102 cm³/mol. The number of benzene rings is 1. The molecular weight excluding hydrogens is 360 g/mol. The molecule has 3 aliphatic rings. The molecule has 3 heterocycles. The van der Waals surface area contributed by atoms with Gasteiger partial charge in [-0.1, -0.05) is 6.07 Å². The van der Waals surface area contributed by atoms with Crippen molar-refractivity contribution >= 4 is 22.8 Å². The summed E-state index contributed by atoms with van der Waals surface area (Å²) in [5.41, 5.74) is 1.51. The molecule has 2 aliphatic heterocycles. The number of hydrogen-bond donors (Lipinski definition) is 1. The van der Waals surface area contributed by atoms with Crippen molar-refractivity contribution < 1.29 is 14.3 Å². The number of likely N-dealkylation sites (tertiary alicyclic amines) is 1. The Kier molecular flexibility index (Phi) is 3.71. The Morgan fingerprint density at radius 1 is 1.14 bits per heavy atom. The first-order chi connectivity index (χ1) is 13.4. The Balaban J connectivity index is 1.51. The van der Waals surface area contributed by atoms with Crippen molar-refractivity contribution in [3.8, 4) is 5.75 Å². The second-order valence-electron chi connectivity index (χ2n) is 8.43. The summed E-state index contributed by atoms with van der Waals surface area (Å²) in [4.78, 5) is 38.6. The average molecular weight is 384 g/mol. The molecular formula is C20H24N4O4. The Morgan fingerprint density at radius 2 is 1.89 bits per heavy atom. The van der Waals surface area contributed by atoms with Crippen molar-refractivity contribution in [1.29, 1.82) is 0 Å². The highest BCUT2D eigenvalue weighted by Gasteiger charge is 2.49. The largest absolute Gasteiger partial charge is 0.488 e. The van der Waals surface area contributed by atoms with Crippen LogP contribution in [-0.4, -0.2) is 52.1 Å². The van der Waals surface area contributed by atoms with Gasteiger partial charge in [0.2, 0.25) is 5.91 Å². The van der Waals surface area contributed by atoms with Gasteiger partial charge in [0.1, 0.15) is 23.4 Å². The molecule has 1 spiro atoms. The van der Waals surface area contributed by atoms with Crippen LogP contribution in [0.1, 0.15) is 31.7 Å². The van der Waals surface area contributed by atoms with Crippen molar-refractivity contribution in [1.82, 2.24) is 19.4 Å². The zero-order chi connectivity index (χ0) is 19.6. The fourth-order valence-electron chi connectivity index (χ4n) is 4.87. The molecule has 1 atom stereocenters. The Morgan fingerprint density at radius 3 is 2.57 bits per heavy atom. The molecule has 5 rings (SSSR count). The Bertz CT molecular complexity index is 1040. The molecule has 1 aliphatic carbocycles. The van der Waals surface area contributed by atoms with E-state index in [0.29, 0.717) is 28.6 Å². The maximum absolute atomic E-state index is 13.0. The number of nitrogens with one attached hydrogen (secondary N) is 1. The van der Waals surface area contributed by atoms with Crippen molar-refractivity contribution in [3.63, 3.8) is 0 Å². The van der Waals surface area contributed by atoms with Crippen LogP contribution in [0.2, 0.25) is 0 Å². The summed E-state index contributed by atoms with van der Waals surface area (Å²) in [6.45, 7) is 2.11. The van der Waals surface area contributed by atoms with Gasteiger partial charge in [0.05, 0.1) is 5.52 Å². The lowest BCUT2D eigenvalue weighted by Crippen LogP contribution is -2.62. The highest BCUT2D eigenvalue weighted by Crippen LogP contribution is 2.46. The zero-order valence-corrected chi connectivity index (χ0v) is 16.1. The summed E-state index contributed by atoms with van der Waals surface area (Å²) in [6, 6.07) is 4.91. The summed E-state index contributed by atoms with van der Waals surface area (Å²) in [5, 5.41) is 3.32. The molecule has 148 valence electrons. The molecule has 3 fully saturated rings. The number of amides is 2. The van der Waals surface area contributed by atoms with Gasteiger partial charge >= 0.3 is 5.69 Å². The highest BCUT2D eigenvalue weighted by molar-refractivity contribution is 6.00. The zero-order valence-electron chi connectivity index (χ0n) is 16.1. The summed E-state index contributed by atoms with van der Waals surface area (Å²) in [7, 11) is 3.18. The third-order valence-electron chi connectivity index (χ3n) is 6.61.